The third kappa shape index (κ3) is 9.79. The zero-order valence-corrected chi connectivity index (χ0v) is 9.84. The lowest BCUT2D eigenvalue weighted by Gasteiger charge is -2.04. The van der Waals surface area contributed by atoms with Crippen LogP contribution in [0.1, 0.15) is 65.2 Å². The summed E-state index contributed by atoms with van der Waals surface area (Å²) < 4.78 is 0. The molecule has 14 heavy (non-hydrogen) atoms. The predicted octanol–water partition coefficient (Wildman–Crippen LogP) is 4.06. The van der Waals surface area contributed by atoms with E-state index in [0.717, 1.165) is 12.8 Å². The molecule has 0 aliphatic rings. The van der Waals surface area contributed by atoms with E-state index in [1.165, 1.54) is 38.5 Å². The normalized spacial score (nSPS) is 13.6. The summed E-state index contributed by atoms with van der Waals surface area (Å²) in [6, 6.07) is 0. The summed E-state index contributed by atoms with van der Waals surface area (Å²) in [5.41, 5.74) is 0. The van der Waals surface area contributed by atoms with Crippen molar-refractivity contribution in [2.45, 2.75) is 71.3 Å². The molecule has 0 bridgehead atoms. The summed E-state index contributed by atoms with van der Waals surface area (Å²) in [5.74, 6) is 0. The molecule has 0 heterocycles. The van der Waals surface area contributed by atoms with Gasteiger partial charge in [-0.25, -0.2) is 0 Å². The Labute approximate surface area is 89.2 Å². The van der Waals surface area contributed by atoms with Crippen molar-refractivity contribution in [2.24, 2.45) is 0 Å². The largest absolute Gasteiger partial charge is 0.389 e. The molecule has 0 fully saturated rings. The van der Waals surface area contributed by atoms with Gasteiger partial charge in [-0.3, -0.25) is 0 Å². The molecule has 0 amide bonds. The van der Waals surface area contributed by atoms with Crippen LogP contribution in [0.5, 0.6) is 0 Å². The van der Waals surface area contributed by atoms with Gasteiger partial charge in [-0.1, -0.05) is 64.5 Å². The Hall–Kier alpha value is -0.300. The Kier molecular flexibility index (Phi) is 10.5. The first kappa shape index (κ1) is 13.7. The van der Waals surface area contributed by atoms with Crippen molar-refractivity contribution in [3.63, 3.8) is 0 Å². The molecule has 0 aromatic carbocycles. The van der Waals surface area contributed by atoms with Crippen molar-refractivity contribution in [1.82, 2.24) is 0 Å². The smallest absolute Gasteiger partial charge is 0.0720 e. The summed E-state index contributed by atoms with van der Waals surface area (Å²) in [6.45, 7) is 4.33. The summed E-state index contributed by atoms with van der Waals surface area (Å²) in [5, 5.41) is 9.50. The first-order valence-corrected chi connectivity index (χ1v) is 6.16. The molecule has 0 spiro atoms. The molecular weight excluding hydrogens is 172 g/mol. The Morgan fingerprint density at radius 3 is 2.29 bits per heavy atom. The van der Waals surface area contributed by atoms with E-state index in [2.05, 4.69) is 13.8 Å². The van der Waals surface area contributed by atoms with Crippen LogP contribution in [0.25, 0.3) is 0 Å². The van der Waals surface area contributed by atoms with Gasteiger partial charge < -0.3 is 5.11 Å². The maximum atomic E-state index is 9.50. The molecular formula is C13H26O. The summed E-state index contributed by atoms with van der Waals surface area (Å²) in [4.78, 5) is 0. The van der Waals surface area contributed by atoms with E-state index >= 15 is 0 Å². The Morgan fingerprint density at radius 2 is 1.64 bits per heavy atom. The average Bonchev–Trinajstić information content (AvgIpc) is 2.20. The Balaban J connectivity index is 3.14. The van der Waals surface area contributed by atoms with Crippen LogP contribution in [0.15, 0.2) is 12.2 Å². The fourth-order valence-corrected chi connectivity index (χ4v) is 1.52. The van der Waals surface area contributed by atoms with Gasteiger partial charge in [0.1, 0.15) is 0 Å². The van der Waals surface area contributed by atoms with E-state index in [9.17, 15) is 5.11 Å². The monoisotopic (exact) mass is 198 g/mol. The lowest BCUT2D eigenvalue weighted by Crippen LogP contribution is -2.01. The second-order valence-electron chi connectivity index (χ2n) is 3.96. The van der Waals surface area contributed by atoms with Crippen molar-refractivity contribution in [2.75, 3.05) is 0 Å². The van der Waals surface area contributed by atoms with Gasteiger partial charge in [0, 0.05) is 0 Å². The van der Waals surface area contributed by atoms with Crippen LogP contribution >= 0.6 is 0 Å². The van der Waals surface area contributed by atoms with E-state index in [0.29, 0.717) is 0 Å². The van der Waals surface area contributed by atoms with Crippen LogP contribution in [0, 0.1) is 0 Å². The minimum Gasteiger partial charge on any atom is -0.389 e. The van der Waals surface area contributed by atoms with Gasteiger partial charge in [-0.05, 0) is 12.8 Å². The second-order valence-corrected chi connectivity index (χ2v) is 3.96. The highest BCUT2D eigenvalue weighted by Crippen LogP contribution is 2.09. The number of allylic oxidation sites excluding steroid dienone is 1. The van der Waals surface area contributed by atoms with Gasteiger partial charge >= 0.3 is 0 Å². The van der Waals surface area contributed by atoms with E-state index in [-0.39, 0.29) is 6.10 Å². The van der Waals surface area contributed by atoms with E-state index in [1.54, 1.807) is 0 Å². The zero-order valence-electron chi connectivity index (χ0n) is 9.84. The molecule has 0 aromatic heterocycles. The Bertz CT molecular complexity index is 129. The first-order chi connectivity index (χ1) is 6.81. The van der Waals surface area contributed by atoms with Gasteiger partial charge in [-0.15, -0.1) is 0 Å². The maximum absolute atomic E-state index is 9.50. The number of unbranched alkanes of at least 4 members (excludes halogenated alkanes) is 5. The minimum atomic E-state index is -0.207. The summed E-state index contributed by atoms with van der Waals surface area (Å²) >= 11 is 0. The SMILES string of the molecule is CCC=CC(O)CCCCCCCC. The van der Waals surface area contributed by atoms with Crippen molar-refractivity contribution in [3.8, 4) is 0 Å². The lowest BCUT2D eigenvalue weighted by molar-refractivity contribution is 0.207. The van der Waals surface area contributed by atoms with Crippen LogP contribution in [-0.4, -0.2) is 11.2 Å². The highest BCUT2D eigenvalue weighted by Gasteiger charge is 1.97. The summed E-state index contributed by atoms with van der Waals surface area (Å²) in [7, 11) is 0. The van der Waals surface area contributed by atoms with Crippen molar-refractivity contribution in [3.05, 3.63) is 12.2 Å². The quantitative estimate of drug-likeness (QED) is 0.437. The minimum absolute atomic E-state index is 0.207. The number of aliphatic hydroxyl groups is 1. The molecule has 0 radical (unpaired) electrons. The summed E-state index contributed by atoms with van der Waals surface area (Å²) in [6.07, 6.45) is 13.5. The van der Waals surface area contributed by atoms with E-state index in [4.69, 9.17) is 0 Å². The van der Waals surface area contributed by atoms with Crippen LogP contribution in [0.4, 0.5) is 0 Å². The van der Waals surface area contributed by atoms with Crippen LogP contribution in [0.2, 0.25) is 0 Å². The molecule has 1 N–H and O–H groups in total. The molecule has 1 unspecified atom stereocenters. The van der Waals surface area contributed by atoms with Gasteiger partial charge in [0.05, 0.1) is 6.10 Å². The second kappa shape index (κ2) is 10.8. The van der Waals surface area contributed by atoms with Crippen LogP contribution in [-0.2, 0) is 0 Å². The molecule has 1 atom stereocenters. The van der Waals surface area contributed by atoms with E-state index in [1.807, 2.05) is 12.2 Å². The number of hydrogen-bond acceptors (Lipinski definition) is 1. The molecule has 0 saturated heterocycles. The number of rotatable bonds is 9. The van der Waals surface area contributed by atoms with Crippen LogP contribution < -0.4 is 0 Å². The van der Waals surface area contributed by atoms with Crippen LogP contribution in [0.3, 0.4) is 0 Å². The molecule has 0 aliphatic heterocycles. The maximum Gasteiger partial charge on any atom is 0.0720 e. The highest BCUT2D eigenvalue weighted by atomic mass is 16.3. The van der Waals surface area contributed by atoms with Gasteiger partial charge in [0.15, 0.2) is 0 Å². The average molecular weight is 198 g/mol. The van der Waals surface area contributed by atoms with Crippen molar-refractivity contribution in [1.29, 1.82) is 0 Å². The van der Waals surface area contributed by atoms with Gasteiger partial charge in [-0.2, -0.15) is 0 Å². The fourth-order valence-electron chi connectivity index (χ4n) is 1.52. The molecule has 0 saturated carbocycles. The molecule has 1 nitrogen and oxygen atoms in total. The molecule has 0 aromatic rings. The molecule has 84 valence electrons. The molecule has 0 rings (SSSR count). The topological polar surface area (TPSA) is 20.2 Å². The Morgan fingerprint density at radius 1 is 1.00 bits per heavy atom. The first-order valence-electron chi connectivity index (χ1n) is 6.16. The third-order valence-electron chi connectivity index (χ3n) is 2.45. The van der Waals surface area contributed by atoms with E-state index < -0.39 is 0 Å². The standard InChI is InChI=1S/C13H26O/c1-3-5-7-8-9-10-12-13(14)11-6-4-2/h6,11,13-14H,3-5,7-10,12H2,1-2H3. The van der Waals surface area contributed by atoms with Crippen molar-refractivity contribution < 1.29 is 5.11 Å². The molecule has 1 heteroatoms. The van der Waals surface area contributed by atoms with Gasteiger partial charge in [0.25, 0.3) is 0 Å². The zero-order chi connectivity index (χ0) is 10.6. The fraction of sp³-hybridized carbons (Fsp3) is 0.846. The highest BCUT2D eigenvalue weighted by molar-refractivity contribution is 4.87. The predicted molar refractivity (Wildman–Crippen MR) is 63.4 cm³/mol. The van der Waals surface area contributed by atoms with Crippen molar-refractivity contribution >= 4 is 0 Å². The third-order valence-corrected chi connectivity index (χ3v) is 2.45. The van der Waals surface area contributed by atoms with Gasteiger partial charge in [0.2, 0.25) is 0 Å². The number of aliphatic hydroxyl groups excluding tert-OH is 1. The number of hydrogen-bond donors (Lipinski definition) is 1. The molecule has 0 aliphatic carbocycles. The lowest BCUT2D eigenvalue weighted by atomic mass is 10.1.